The van der Waals surface area contributed by atoms with Gasteiger partial charge in [-0.05, 0) is 48.2 Å². The molecule has 0 aromatic heterocycles. The van der Waals surface area contributed by atoms with Crippen LogP contribution in [0.4, 0.5) is 5.69 Å². The van der Waals surface area contributed by atoms with Crippen molar-refractivity contribution in [2.24, 2.45) is 5.73 Å². The Hall–Kier alpha value is -2.13. The maximum absolute atomic E-state index is 12.3. The molecule has 0 radical (unpaired) electrons. The third-order valence-corrected chi connectivity index (χ3v) is 3.48. The summed E-state index contributed by atoms with van der Waals surface area (Å²) in [6.07, 6.45) is 0.831. The van der Waals surface area contributed by atoms with Gasteiger partial charge < -0.3 is 11.1 Å². The third kappa shape index (κ3) is 3.92. The van der Waals surface area contributed by atoms with Gasteiger partial charge in [0.1, 0.15) is 0 Å². The van der Waals surface area contributed by atoms with Crippen molar-refractivity contribution in [3.8, 4) is 0 Å². The Balaban J connectivity index is 2.14. The van der Waals surface area contributed by atoms with Crippen molar-refractivity contribution in [2.75, 3.05) is 11.9 Å². The number of hydrogen-bond donors (Lipinski definition) is 2. The molecule has 21 heavy (non-hydrogen) atoms. The molecule has 2 aromatic carbocycles. The van der Waals surface area contributed by atoms with Gasteiger partial charge in [0.05, 0.1) is 0 Å². The van der Waals surface area contributed by atoms with Crippen LogP contribution in [0.1, 0.15) is 41.3 Å². The van der Waals surface area contributed by atoms with Crippen LogP contribution in [-0.4, -0.2) is 12.5 Å². The molecule has 0 aliphatic carbocycles. The Morgan fingerprint density at radius 1 is 1.10 bits per heavy atom. The summed E-state index contributed by atoms with van der Waals surface area (Å²) < 4.78 is 0. The third-order valence-electron chi connectivity index (χ3n) is 3.48. The summed E-state index contributed by atoms with van der Waals surface area (Å²) >= 11 is 0. The smallest absolute Gasteiger partial charge is 0.255 e. The number of benzene rings is 2. The quantitative estimate of drug-likeness (QED) is 0.881. The number of hydrogen-bond acceptors (Lipinski definition) is 2. The van der Waals surface area contributed by atoms with E-state index in [9.17, 15) is 4.79 Å². The number of carbonyl (C=O) groups excluding carboxylic acids is 1. The van der Waals surface area contributed by atoms with Crippen molar-refractivity contribution in [2.45, 2.75) is 26.2 Å². The first kappa shape index (κ1) is 15.3. The Bertz CT molecular complexity index is 603. The SMILES string of the molecule is CC(C)c1ccccc1NC(=O)c1ccc(CCN)cc1. The molecule has 0 spiro atoms. The fraction of sp³-hybridized carbons (Fsp3) is 0.278. The molecule has 0 atom stereocenters. The number of anilines is 1. The molecule has 0 bridgehead atoms. The Morgan fingerprint density at radius 2 is 1.76 bits per heavy atom. The Morgan fingerprint density at radius 3 is 2.38 bits per heavy atom. The summed E-state index contributed by atoms with van der Waals surface area (Å²) in [5.41, 5.74) is 9.36. The average molecular weight is 282 g/mol. The average Bonchev–Trinajstić information content (AvgIpc) is 2.48. The van der Waals surface area contributed by atoms with Gasteiger partial charge in [-0.3, -0.25) is 4.79 Å². The van der Waals surface area contributed by atoms with Crippen LogP contribution >= 0.6 is 0 Å². The van der Waals surface area contributed by atoms with Gasteiger partial charge in [0.25, 0.3) is 5.91 Å². The monoisotopic (exact) mass is 282 g/mol. The highest BCUT2D eigenvalue weighted by Crippen LogP contribution is 2.24. The van der Waals surface area contributed by atoms with E-state index in [4.69, 9.17) is 5.73 Å². The van der Waals surface area contributed by atoms with Gasteiger partial charge in [-0.15, -0.1) is 0 Å². The van der Waals surface area contributed by atoms with Gasteiger partial charge >= 0.3 is 0 Å². The molecular weight excluding hydrogens is 260 g/mol. The van der Waals surface area contributed by atoms with Gasteiger partial charge in [-0.1, -0.05) is 44.2 Å². The molecule has 0 fully saturated rings. The summed E-state index contributed by atoms with van der Waals surface area (Å²) in [6, 6.07) is 15.5. The van der Waals surface area contributed by atoms with Crippen LogP contribution in [0, 0.1) is 0 Å². The molecule has 0 heterocycles. The minimum atomic E-state index is -0.0811. The molecule has 2 aromatic rings. The topological polar surface area (TPSA) is 55.1 Å². The van der Waals surface area contributed by atoms with Crippen molar-refractivity contribution >= 4 is 11.6 Å². The van der Waals surface area contributed by atoms with E-state index >= 15 is 0 Å². The van der Waals surface area contributed by atoms with Gasteiger partial charge in [-0.25, -0.2) is 0 Å². The van der Waals surface area contributed by atoms with Crippen LogP contribution in [0.3, 0.4) is 0 Å². The number of carbonyl (C=O) groups is 1. The molecule has 0 aliphatic heterocycles. The first-order valence-electron chi connectivity index (χ1n) is 7.31. The predicted molar refractivity (Wildman–Crippen MR) is 87.7 cm³/mol. The first-order chi connectivity index (χ1) is 10.1. The maximum Gasteiger partial charge on any atom is 0.255 e. The lowest BCUT2D eigenvalue weighted by Crippen LogP contribution is -2.13. The normalized spacial score (nSPS) is 10.7. The molecule has 2 rings (SSSR count). The molecule has 110 valence electrons. The largest absolute Gasteiger partial charge is 0.330 e. The molecule has 1 amide bonds. The number of nitrogens with one attached hydrogen (secondary N) is 1. The molecule has 3 N–H and O–H groups in total. The molecule has 0 saturated heterocycles. The van der Waals surface area contributed by atoms with E-state index in [2.05, 4.69) is 19.2 Å². The van der Waals surface area contributed by atoms with Crippen LogP contribution < -0.4 is 11.1 Å². The minimum absolute atomic E-state index is 0.0811. The van der Waals surface area contributed by atoms with Crippen LogP contribution in [0.2, 0.25) is 0 Å². The summed E-state index contributed by atoms with van der Waals surface area (Å²) in [6.45, 7) is 4.85. The fourth-order valence-electron chi connectivity index (χ4n) is 2.30. The van der Waals surface area contributed by atoms with E-state index in [0.717, 1.165) is 23.2 Å². The van der Waals surface area contributed by atoms with Gasteiger partial charge in [0.15, 0.2) is 0 Å². The second-order valence-electron chi connectivity index (χ2n) is 5.43. The first-order valence-corrected chi connectivity index (χ1v) is 7.31. The zero-order valence-electron chi connectivity index (χ0n) is 12.6. The predicted octanol–water partition coefficient (Wildman–Crippen LogP) is 3.56. The van der Waals surface area contributed by atoms with Crippen LogP contribution in [0.5, 0.6) is 0 Å². The van der Waals surface area contributed by atoms with Crippen molar-refractivity contribution < 1.29 is 4.79 Å². The second kappa shape index (κ2) is 7.04. The van der Waals surface area contributed by atoms with E-state index in [-0.39, 0.29) is 5.91 Å². The molecule has 3 heteroatoms. The summed E-state index contributed by atoms with van der Waals surface area (Å²) in [4.78, 5) is 12.3. The Kier molecular flexibility index (Phi) is 5.12. The lowest BCUT2D eigenvalue weighted by Gasteiger charge is -2.13. The summed E-state index contributed by atoms with van der Waals surface area (Å²) in [7, 11) is 0. The van der Waals surface area contributed by atoms with E-state index in [1.165, 1.54) is 0 Å². The van der Waals surface area contributed by atoms with Crippen molar-refractivity contribution in [1.82, 2.24) is 0 Å². The number of nitrogens with two attached hydrogens (primary N) is 1. The lowest BCUT2D eigenvalue weighted by atomic mass is 10.0. The number of amides is 1. The minimum Gasteiger partial charge on any atom is -0.330 e. The summed E-state index contributed by atoms with van der Waals surface area (Å²) in [5, 5.41) is 3.00. The van der Waals surface area contributed by atoms with Crippen molar-refractivity contribution in [3.63, 3.8) is 0 Å². The lowest BCUT2D eigenvalue weighted by molar-refractivity contribution is 0.102. The standard InChI is InChI=1S/C18H22N2O/c1-13(2)16-5-3-4-6-17(16)20-18(21)15-9-7-14(8-10-15)11-12-19/h3-10,13H,11-12,19H2,1-2H3,(H,20,21). The highest BCUT2D eigenvalue weighted by Gasteiger charge is 2.10. The van der Waals surface area contributed by atoms with Crippen molar-refractivity contribution in [1.29, 1.82) is 0 Å². The second-order valence-corrected chi connectivity index (χ2v) is 5.43. The zero-order chi connectivity index (χ0) is 15.2. The maximum atomic E-state index is 12.3. The molecule has 0 aliphatic rings. The molecule has 0 saturated carbocycles. The van der Waals surface area contributed by atoms with Crippen LogP contribution in [0.15, 0.2) is 48.5 Å². The number of rotatable bonds is 5. The fourth-order valence-corrected chi connectivity index (χ4v) is 2.30. The van der Waals surface area contributed by atoms with E-state index in [1.54, 1.807) is 0 Å². The van der Waals surface area contributed by atoms with Crippen LogP contribution in [0.25, 0.3) is 0 Å². The number of para-hydroxylation sites is 1. The Labute approximate surface area is 126 Å². The molecule has 0 unspecified atom stereocenters. The van der Waals surface area contributed by atoms with Crippen LogP contribution in [-0.2, 0) is 6.42 Å². The molecular formula is C18H22N2O. The van der Waals surface area contributed by atoms with Gasteiger partial charge in [0.2, 0.25) is 0 Å². The van der Waals surface area contributed by atoms with Gasteiger partial charge in [-0.2, -0.15) is 0 Å². The highest BCUT2D eigenvalue weighted by atomic mass is 16.1. The molecule has 3 nitrogen and oxygen atoms in total. The van der Waals surface area contributed by atoms with Gasteiger partial charge in [0, 0.05) is 11.3 Å². The van der Waals surface area contributed by atoms with E-state index in [0.29, 0.717) is 18.0 Å². The zero-order valence-corrected chi connectivity index (χ0v) is 12.6. The highest BCUT2D eigenvalue weighted by molar-refractivity contribution is 6.04. The van der Waals surface area contributed by atoms with Crippen molar-refractivity contribution in [3.05, 3.63) is 65.2 Å². The van der Waals surface area contributed by atoms with E-state index < -0.39 is 0 Å². The summed E-state index contributed by atoms with van der Waals surface area (Å²) in [5.74, 6) is 0.288. The van der Waals surface area contributed by atoms with E-state index in [1.807, 2.05) is 48.5 Å².